The van der Waals surface area contributed by atoms with E-state index in [0.29, 0.717) is 11.5 Å². The van der Waals surface area contributed by atoms with Crippen LogP contribution in [-0.4, -0.2) is 25.0 Å². The van der Waals surface area contributed by atoms with E-state index in [1.807, 2.05) is 30.3 Å². The van der Waals surface area contributed by atoms with Gasteiger partial charge in [-0.15, -0.1) is 11.3 Å². The minimum Gasteiger partial charge on any atom is -0.465 e. The smallest absolute Gasteiger partial charge is 0.325 e. The molecule has 0 fully saturated rings. The Hall–Kier alpha value is -1.88. The fourth-order valence-corrected chi connectivity index (χ4v) is 2.52. The number of hydrogen-bond acceptors (Lipinski definition) is 4. The van der Waals surface area contributed by atoms with E-state index >= 15 is 0 Å². The van der Waals surface area contributed by atoms with Gasteiger partial charge in [0.2, 0.25) is 0 Å². The highest BCUT2D eigenvalue weighted by Crippen LogP contribution is 2.24. The number of thiophene rings is 1. The maximum absolute atomic E-state index is 11.8. The standard InChI is InChI=1S/C13H13NO3S/c1-2-17-12(15)8-14-13(16)11-7-9-5-3-4-6-10(9)18-11/h3-7H,2,8H2,1H3,(H,14,16). The number of esters is 1. The summed E-state index contributed by atoms with van der Waals surface area (Å²) < 4.78 is 5.79. The second-order valence-electron chi connectivity index (χ2n) is 3.64. The van der Waals surface area contributed by atoms with Crippen LogP contribution < -0.4 is 5.32 Å². The lowest BCUT2D eigenvalue weighted by atomic mass is 10.2. The fraction of sp³-hybridized carbons (Fsp3) is 0.231. The Balaban J connectivity index is 2.02. The Bertz CT molecular complexity index is 543. The number of ether oxygens (including phenoxy) is 1. The maximum atomic E-state index is 11.8. The van der Waals surface area contributed by atoms with E-state index in [1.54, 1.807) is 6.92 Å². The first-order valence-corrected chi connectivity index (χ1v) is 6.44. The van der Waals surface area contributed by atoms with Crippen molar-refractivity contribution in [1.82, 2.24) is 5.32 Å². The van der Waals surface area contributed by atoms with Gasteiger partial charge in [0.15, 0.2) is 0 Å². The number of hydrogen-bond donors (Lipinski definition) is 1. The molecule has 18 heavy (non-hydrogen) atoms. The average Bonchev–Trinajstić information content (AvgIpc) is 2.80. The molecule has 1 N–H and O–H groups in total. The Morgan fingerprint density at radius 2 is 2.11 bits per heavy atom. The van der Waals surface area contributed by atoms with Gasteiger partial charge in [-0.1, -0.05) is 18.2 Å². The van der Waals surface area contributed by atoms with Gasteiger partial charge in [0.25, 0.3) is 5.91 Å². The van der Waals surface area contributed by atoms with Crippen LogP contribution in [0, 0.1) is 0 Å². The molecular formula is C13H13NO3S. The Kier molecular flexibility index (Phi) is 3.94. The van der Waals surface area contributed by atoms with E-state index in [-0.39, 0.29) is 12.5 Å². The third kappa shape index (κ3) is 2.87. The first-order chi connectivity index (χ1) is 8.70. The minimum absolute atomic E-state index is 0.0963. The van der Waals surface area contributed by atoms with Crippen LogP contribution in [0.15, 0.2) is 30.3 Å². The lowest BCUT2D eigenvalue weighted by Crippen LogP contribution is -2.30. The molecule has 94 valence electrons. The summed E-state index contributed by atoms with van der Waals surface area (Å²) in [5.41, 5.74) is 0. The van der Waals surface area contributed by atoms with E-state index in [0.717, 1.165) is 10.1 Å². The predicted molar refractivity (Wildman–Crippen MR) is 70.8 cm³/mol. The van der Waals surface area contributed by atoms with Crippen molar-refractivity contribution in [1.29, 1.82) is 0 Å². The van der Waals surface area contributed by atoms with Gasteiger partial charge in [-0.25, -0.2) is 0 Å². The van der Waals surface area contributed by atoms with Crippen molar-refractivity contribution in [3.63, 3.8) is 0 Å². The molecule has 1 aromatic carbocycles. The highest BCUT2D eigenvalue weighted by molar-refractivity contribution is 7.20. The topological polar surface area (TPSA) is 55.4 Å². The van der Waals surface area contributed by atoms with E-state index in [9.17, 15) is 9.59 Å². The van der Waals surface area contributed by atoms with Gasteiger partial charge < -0.3 is 10.1 Å². The first-order valence-electron chi connectivity index (χ1n) is 5.63. The Labute approximate surface area is 109 Å². The number of fused-ring (bicyclic) bond motifs is 1. The molecule has 2 rings (SSSR count). The Morgan fingerprint density at radius 3 is 2.83 bits per heavy atom. The van der Waals surface area contributed by atoms with Crippen molar-refractivity contribution in [3.8, 4) is 0 Å². The molecule has 1 heterocycles. The van der Waals surface area contributed by atoms with Crippen LogP contribution in [0.2, 0.25) is 0 Å². The van der Waals surface area contributed by atoms with Crippen LogP contribution >= 0.6 is 11.3 Å². The molecule has 4 nitrogen and oxygen atoms in total. The van der Waals surface area contributed by atoms with Gasteiger partial charge in [0, 0.05) is 4.70 Å². The molecule has 5 heteroatoms. The summed E-state index contributed by atoms with van der Waals surface area (Å²) in [6, 6.07) is 9.59. The fourth-order valence-electron chi connectivity index (χ4n) is 1.55. The summed E-state index contributed by atoms with van der Waals surface area (Å²) in [6.45, 7) is 1.95. The molecule has 0 spiro atoms. The van der Waals surface area contributed by atoms with Gasteiger partial charge in [0.1, 0.15) is 6.54 Å². The van der Waals surface area contributed by atoms with Crippen molar-refractivity contribution in [2.75, 3.05) is 13.2 Å². The minimum atomic E-state index is -0.424. The van der Waals surface area contributed by atoms with Crippen LogP contribution in [0.5, 0.6) is 0 Å². The normalized spacial score (nSPS) is 10.3. The van der Waals surface area contributed by atoms with Gasteiger partial charge in [-0.05, 0) is 24.4 Å². The molecule has 1 amide bonds. The van der Waals surface area contributed by atoms with Crippen LogP contribution in [0.4, 0.5) is 0 Å². The molecular weight excluding hydrogens is 250 g/mol. The van der Waals surface area contributed by atoms with Crippen molar-refractivity contribution in [3.05, 3.63) is 35.2 Å². The predicted octanol–water partition coefficient (Wildman–Crippen LogP) is 2.19. The molecule has 1 aromatic heterocycles. The van der Waals surface area contributed by atoms with Crippen LogP contribution in [0.25, 0.3) is 10.1 Å². The lowest BCUT2D eigenvalue weighted by molar-refractivity contribution is -0.141. The first kappa shape index (κ1) is 12.6. The largest absolute Gasteiger partial charge is 0.465 e. The van der Waals surface area contributed by atoms with Crippen molar-refractivity contribution in [2.45, 2.75) is 6.92 Å². The Morgan fingerprint density at radius 1 is 1.33 bits per heavy atom. The number of carbonyl (C=O) groups is 2. The highest BCUT2D eigenvalue weighted by atomic mass is 32.1. The number of carbonyl (C=O) groups excluding carboxylic acids is 2. The van der Waals surface area contributed by atoms with Crippen molar-refractivity contribution < 1.29 is 14.3 Å². The highest BCUT2D eigenvalue weighted by Gasteiger charge is 2.11. The van der Waals surface area contributed by atoms with Gasteiger partial charge >= 0.3 is 5.97 Å². The van der Waals surface area contributed by atoms with Crippen molar-refractivity contribution >= 4 is 33.3 Å². The lowest BCUT2D eigenvalue weighted by Gasteiger charge is -2.02. The zero-order valence-corrected chi connectivity index (χ0v) is 10.8. The molecule has 0 bridgehead atoms. The molecule has 0 aliphatic rings. The van der Waals surface area contributed by atoms with Crippen molar-refractivity contribution in [2.24, 2.45) is 0 Å². The van der Waals surface area contributed by atoms with Gasteiger partial charge in [-0.2, -0.15) is 0 Å². The molecule has 0 aliphatic heterocycles. The van der Waals surface area contributed by atoms with Crippen LogP contribution in [0.1, 0.15) is 16.6 Å². The van der Waals surface area contributed by atoms with E-state index < -0.39 is 5.97 Å². The molecule has 0 unspecified atom stereocenters. The number of rotatable bonds is 4. The summed E-state index contributed by atoms with van der Waals surface area (Å²) in [4.78, 5) is 23.5. The quantitative estimate of drug-likeness (QED) is 0.860. The molecule has 0 atom stereocenters. The SMILES string of the molecule is CCOC(=O)CNC(=O)c1cc2ccccc2s1. The van der Waals surface area contributed by atoms with E-state index in [4.69, 9.17) is 4.74 Å². The second kappa shape index (κ2) is 5.64. The monoisotopic (exact) mass is 263 g/mol. The second-order valence-corrected chi connectivity index (χ2v) is 4.72. The summed E-state index contributed by atoms with van der Waals surface area (Å²) in [7, 11) is 0. The summed E-state index contributed by atoms with van der Waals surface area (Å²) in [5.74, 6) is -0.670. The molecule has 0 aliphatic carbocycles. The molecule has 0 radical (unpaired) electrons. The number of amides is 1. The number of nitrogens with one attached hydrogen (secondary N) is 1. The van der Waals surface area contributed by atoms with Crippen LogP contribution in [-0.2, 0) is 9.53 Å². The van der Waals surface area contributed by atoms with Gasteiger partial charge in [0.05, 0.1) is 11.5 Å². The maximum Gasteiger partial charge on any atom is 0.325 e. The summed E-state index contributed by atoms with van der Waals surface area (Å²) in [5, 5.41) is 3.57. The zero-order valence-electron chi connectivity index (χ0n) is 9.93. The third-order valence-electron chi connectivity index (χ3n) is 2.35. The van der Waals surface area contributed by atoms with Gasteiger partial charge in [-0.3, -0.25) is 9.59 Å². The van der Waals surface area contributed by atoms with E-state index in [2.05, 4.69) is 5.32 Å². The average molecular weight is 263 g/mol. The summed E-state index contributed by atoms with van der Waals surface area (Å²) in [6.07, 6.45) is 0. The molecule has 0 saturated heterocycles. The number of benzene rings is 1. The molecule has 0 saturated carbocycles. The van der Waals surface area contributed by atoms with E-state index in [1.165, 1.54) is 11.3 Å². The zero-order chi connectivity index (χ0) is 13.0. The third-order valence-corrected chi connectivity index (χ3v) is 3.46. The van der Waals surface area contributed by atoms with Crippen LogP contribution in [0.3, 0.4) is 0 Å². The molecule has 2 aromatic rings. The summed E-state index contributed by atoms with van der Waals surface area (Å²) >= 11 is 1.41.